The van der Waals surface area contributed by atoms with E-state index in [1.807, 2.05) is 0 Å². The number of hydrogen-bond donors (Lipinski definition) is 3. The Morgan fingerprint density at radius 3 is 2.74 bits per heavy atom. The Hall–Kier alpha value is -2.72. The molecule has 0 saturated carbocycles. The highest BCUT2D eigenvalue weighted by Crippen LogP contribution is 2.25. The number of nitrogens with zero attached hydrogens (tertiary/aromatic N) is 5. The summed E-state index contributed by atoms with van der Waals surface area (Å²) in [6.07, 6.45) is 4.52. The van der Waals surface area contributed by atoms with Crippen molar-refractivity contribution in [3.8, 4) is 11.4 Å². The number of anilines is 1. The third kappa shape index (κ3) is 3.33. The van der Waals surface area contributed by atoms with Gasteiger partial charge in [-0.15, -0.1) is 0 Å². The first-order valence-electron chi connectivity index (χ1n) is 8.53. The molecule has 0 radical (unpaired) electrons. The first-order chi connectivity index (χ1) is 12.8. The van der Waals surface area contributed by atoms with Gasteiger partial charge in [0, 0.05) is 19.3 Å². The Kier molecular flexibility index (Phi) is 4.23. The highest BCUT2D eigenvalue weighted by molar-refractivity contribution is 5.61. The molecule has 3 aromatic heterocycles. The van der Waals surface area contributed by atoms with Crippen LogP contribution in [0.1, 0.15) is 19.5 Å². The predicted octanol–water partition coefficient (Wildman–Crippen LogP) is 1.27. The van der Waals surface area contributed by atoms with Crippen molar-refractivity contribution in [2.24, 2.45) is 0 Å². The number of aromatic nitrogens is 5. The lowest BCUT2D eigenvalue weighted by molar-refractivity contribution is 0.0734. The van der Waals surface area contributed by atoms with E-state index >= 15 is 0 Å². The van der Waals surface area contributed by atoms with E-state index in [9.17, 15) is 13.9 Å². The summed E-state index contributed by atoms with van der Waals surface area (Å²) in [5, 5.41) is 16.0. The van der Waals surface area contributed by atoms with Gasteiger partial charge < -0.3 is 15.7 Å². The quantitative estimate of drug-likeness (QED) is 0.631. The average molecular weight is 375 g/mol. The predicted molar refractivity (Wildman–Crippen MR) is 94.4 cm³/mol. The van der Waals surface area contributed by atoms with E-state index in [0.717, 1.165) is 6.20 Å². The van der Waals surface area contributed by atoms with Gasteiger partial charge in [0.2, 0.25) is 5.95 Å². The lowest BCUT2D eigenvalue weighted by Crippen LogP contribution is -2.30. The molecule has 1 aliphatic rings. The molecule has 4 rings (SSSR count). The lowest BCUT2D eigenvalue weighted by Gasteiger charge is -2.17. The summed E-state index contributed by atoms with van der Waals surface area (Å²) < 4.78 is 29.8. The topological polar surface area (TPSA) is 100 Å². The molecule has 142 valence electrons. The fourth-order valence-corrected chi connectivity index (χ4v) is 2.95. The number of imidazole rings is 1. The zero-order valence-electron chi connectivity index (χ0n) is 14.8. The van der Waals surface area contributed by atoms with Gasteiger partial charge in [0.15, 0.2) is 11.5 Å². The van der Waals surface area contributed by atoms with E-state index in [1.165, 1.54) is 12.4 Å². The molecule has 27 heavy (non-hydrogen) atoms. The summed E-state index contributed by atoms with van der Waals surface area (Å²) in [6.45, 7) is 3.90. The van der Waals surface area contributed by atoms with Gasteiger partial charge in [0.1, 0.15) is 17.5 Å². The Balaban J connectivity index is 1.75. The van der Waals surface area contributed by atoms with Crippen molar-refractivity contribution in [3.05, 3.63) is 36.3 Å². The second-order valence-corrected chi connectivity index (χ2v) is 7.02. The summed E-state index contributed by atoms with van der Waals surface area (Å²) in [6, 6.07) is -0.475. The summed E-state index contributed by atoms with van der Waals surface area (Å²) in [5.74, 6) is -0.500. The molecule has 2 atom stereocenters. The highest BCUT2D eigenvalue weighted by Gasteiger charge is 2.27. The van der Waals surface area contributed by atoms with Crippen LogP contribution in [-0.2, 0) is 5.60 Å². The standard InChI is InChI=1S/C17H19F2N7O/c1-17(2,27)13-8-26-12(6-22-14(26)7-21-13)15-10(19)4-23-16(25-15)24-11-5-20-3-9(11)18/h4,6-9,11,20,27H,3,5H2,1-2H3,(H,23,24,25). The molecule has 4 heterocycles. The van der Waals surface area contributed by atoms with Crippen LogP contribution >= 0.6 is 0 Å². The van der Waals surface area contributed by atoms with Crippen LogP contribution in [-0.4, -0.2) is 54.7 Å². The summed E-state index contributed by atoms with van der Waals surface area (Å²) in [7, 11) is 0. The Morgan fingerprint density at radius 2 is 2.04 bits per heavy atom. The minimum absolute atomic E-state index is 0.0225. The molecule has 1 fully saturated rings. The van der Waals surface area contributed by atoms with Crippen LogP contribution < -0.4 is 10.6 Å². The number of hydrogen-bond acceptors (Lipinski definition) is 7. The van der Waals surface area contributed by atoms with E-state index in [2.05, 4.69) is 30.6 Å². The summed E-state index contributed by atoms with van der Waals surface area (Å²) in [4.78, 5) is 16.5. The molecule has 0 aliphatic carbocycles. The largest absolute Gasteiger partial charge is 0.384 e. The van der Waals surface area contributed by atoms with Gasteiger partial charge in [0.25, 0.3) is 0 Å². The molecule has 1 aliphatic heterocycles. The van der Waals surface area contributed by atoms with Crippen molar-refractivity contribution in [2.45, 2.75) is 31.7 Å². The molecular formula is C17H19F2N7O. The molecule has 8 nitrogen and oxygen atoms in total. The van der Waals surface area contributed by atoms with Crippen LogP contribution in [0.4, 0.5) is 14.7 Å². The van der Waals surface area contributed by atoms with Crippen LogP contribution in [0, 0.1) is 5.82 Å². The SMILES string of the molecule is CC(C)(O)c1cn2c(-c3nc(NC4CNCC4F)ncc3F)cnc2cn1. The molecule has 0 amide bonds. The van der Waals surface area contributed by atoms with Crippen LogP contribution in [0.25, 0.3) is 17.0 Å². The Morgan fingerprint density at radius 1 is 1.22 bits per heavy atom. The molecule has 3 N–H and O–H groups in total. The second-order valence-electron chi connectivity index (χ2n) is 7.02. The Bertz CT molecular complexity index is 985. The highest BCUT2D eigenvalue weighted by atomic mass is 19.1. The minimum Gasteiger partial charge on any atom is -0.384 e. The van der Waals surface area contributed by atoms with Crippen LogP contribution in [0.2, 0.25) is 0 Å². The first kappa shape index (κ1) is 17.7. The van der Waals surface area contributed by atoms with Gasteiger partial charge in [-0.25, -0.2) is 23.7 Å². The number of alkyl halides is 1. The molecule has 3 aromatic rings. The van der Waals surface area contributed by atoms with Crippen molar-refractivity contribution < 1.29 is 13.9 Å². The van der Waals surface area contributed by atoms with Crippen molar-refractivity contribution in [1.82, 2.24) is 29.7 Å². The number of halogens is 2. The molecule has 0 spiro atoms. The van der Waals surface area contributed by atoms with Crippen molar-refractivity contribution in [2.75, 3.05) is 18.4 Å². The first-order valence-corrected chi connectivity index (χ1v) is 8.53. The van der Waals surface area contributed by atoms with Gasteiger partial charge in [-0.2, -0.15) is 0 Å². The van der Waals surface area contributed by atoms with Crippen molar-refractivity contribution >= 4 is 11.6 Å². The molecule has 1 saturated heterocycles. The summed E-state index contributed by atoms with van der Waals surface area (Å²) in [5.41, 5.74) is 0.114. The maximum atomic E-state index is 14.4. The maximum Gasteiger partial charge on any atom is 0.223 e. The third-order valence-corrected chi connectivity index (χ3v) is 4.46. The van der Waals surface area contributed by atoms with Crippen molar-refractivity contribution in [1.29, 1.82) is 0 Å². The van der Waals surface area contributed by atoms with E-state index < -0.39 is 23.6 Å². The molecular weight excluding hydrogens is 356 g/mol. The molecule has 10 heteroatoms. The normalized spacial score (nSPS) is 20.3. The number of fused-ring (bicyclic) bond motifs is 1. The van der Waals surface area contributed by atoms with Crippen LogP contribution in [0.15, 0.2) is 24.8 Å². The zero-order chi connectivity index (χ0) is 19.2. The Labute approximate surface area is 153 Å². The number of nitrogens with one attached hydrogen (secondary N) is 2. The van der Waals surface area contributed by atoms with E-state index in [-0.39, 0.29) is 18.2 Å². The number of aliphatic hydroxyl groups is 1. The third-order valence-electron chi connectivity index (χ3n) is 4.46. The van der Waals surface area contributed by atoms with Crippen LogP contribution in [0.5, 0.6) is 0 Å². The second kappa shape index (κ2) is 6.46. The minimum atomic E-state index is -1.17. The maximum absolute atomic E-state index is 14.4. The van der Waals surface area contributed by atoms with E-state index in [4.69, 9.17) is 0 Å². The van der Waals surface area contributed by atoms with E-state index in [1.54, 1.807) is 24.4 Å². The zero-order valence-corrected chi connectivity index (χ0v) is 14.8. The van der Waals surface area contributed by atoms with Gasteiger partial charge in [-0.1, -0.05) is 0 Å². The monoisotopic (exact) mass is 375 g/mol. The smallest absolute Gasteiger partial charge is 0.223 e. The summed E-state index contributed by atoms with van der Waals surface area (Å²) >= 11 is 0. The van der Waals surface area contributed by atoms with Gasteiger partial charge in [0.05, 0.1) is 36.0 Å². The van der Waals surface area contributed by atoms with Gasteiger partial charge in [-0.3, -0.25) is 9.38 Å². The molecule has 0 aromatic carbocycles. The van der Waals surface area contributed by atoms with Crippen molar-refractivity contribution in [3.63, 3.8) is 0 Å². The lowest BCUT2D eigenvalue weighted by atomic mass is 10.1. The van der Waals surface area contributed by atoms with Gasteiger partial charge in [-0.05, 0) is 13.8 Å². The van der Waals surface area contributed by atoms with E-state index in [0.29, 0.717) is 23.6 Å². The fourth-order valence-electron chi connectivity index (χ4n) is 2.95. The molecule has 2 unspecified atom stereocenters. The van der Waals surface area contributed by atoms with Gasteiger partial charge >= 0.3 is 0 Å². The average Bonchev–Trinajstić information content (AvgIpc) is 3.22. The molecule has 0 bridgehead atoms. The van der Waals surface area contributed by atoms with Crippen LogP contribution in [0.3, 0.4) is 0 Å². The fraction of sp³-hybridized carbons (Fsp3) is 0.412. The number of rotatable bonds is 4.